The van der Waals surface area contributed by atoms with Crippen LogP contribution in [0, 0.1) is 0 Å². The van der Waals surface area contributed by atoms with Gasteiger partial charge >= 0.3 is 0 Å². The third-order valence-electron chi connectivity index (χ3n) is 13.0. The lowest BCUT2D eigenvalue weighted by Crippen LogP contribution is -2.17. The lowest BCUT2D eigenvalue weighted by Gasteiger charge is -2.18. The number of aliphatic imine (C=N–C) groups is 2. The largest absolute Gasteiger partial charge is 0.309 e. The fraction of sp³-hybridized carbons (Fsp3) is 0.0492. The van der Waals surface area contributed by atoms with E-state index in [4.69, 9.17) is 9.98 Å². The summed E-state index contributed by atoms with van der Waals surface area (Å²) >= 11 is 0. The fourth-order valence-corrected chi connectivity index (χ4v) is 9.93. The van der Waals surface area contributed by atoms with Crippen molar-refractivity contribution in [1.29, 1.82) is 0 Å². The summed E-state index contributed by atoms with van der Waals surface area (Å²) in [5.41, 5.74) is 17.1. The second kappa shape index (κ2) is 16.1. The van der Waals surface area contributed by atoms with Gasteiger partial charge in [-0.15, -0.1) is 0 Å². The maximum absolute atomic E-state index is 5.61. The molecule has 0 fully saturated rings. The van der Waals surface area contributed by atoms with Crippen LogP contribution in [0.3, 0.4) is 0 Å². The van der Waals surface area contributed by atoms with E-state index in [-0.39, 0.29) is 0 Å². The van der Waals surface area contributed by atoms with Gasteiger partial charge in [-0.3, -0.25) is 4.57 Å². The van der Waals surface area contributed by atoms with E-state index in [1.54, 1.807) is 0 Å². The lowest BCUT2D eigenvalue weighted by molar-refractivity contribution is 0.970. The highest BCUT2D eigenvalue weighted by molar-refractivity contribution is 6.30. The van der Waals surface area contributed by atoms with Gasteiger partial charge in [0.15, 0.2) is 5.84 Å². The second-order valence-electron chi connectivity index (χ2n) is 16.9. The molecule has 9 aromatic carbocycles. The molecule has 0 saturated carbocycles. The molecular formula is C61H44N4. The van der Waals surface area contributed by atoms with Gasteiger partial charge in [0.1, 0.15) is 5.84 Å². The zero-order chi connectivity index (χ0) is 43.3. The van der Waals surface area contributed by atoms with E-state index in [1.807, 2.05) is 0 Å². The number of hydrogen-bond donors (Lipinski definition) is 0. The third kappa shape index (κ3) is 6.70. The zero-order valence-electron chi connectivity index (χ0n) is 36.1. The van der Waals surface area contributed by atoms with E-state index in [0.717, 1.165) is 57.7 Å². The van der Waals surface area contributed by atoms with E-state index < -0.39 is 0 Å². The summed E-state index contributed by atoms with van der Waals surface area (Å²) in [7, 11) is 0. The van der Waals surface area contributed by atoms with Gasteiger partial charge in [-0.25, -0.2) is 9.98 Å². The molecule has 0 radical (unpaired) electrons. The summed E-state index contributed by atoms with van der Waals surface area (Å²) in [5, 5.41) is 4.87. The molecule has 1 aliphatic heterocycles. The van der Waals surface area contributed by atoms with Crippen LogP contribution < -0.4 is 0 Å². The lowest BCUT2D eigenvalue weighted by atomic mass is 9.98. The van der Waals surface area contributed by atoms with Crippen molar-refractivity contribution < 1.29 is 0 Å². The van der Waals surface area contributed by atoms with Gasteiger partial charge in [0.2, 0.25) is 0 Å². The molecule has 11 aromatic rings. The first kappa shape index (κ1) is 38.3. The van der Waals surface area contributed by atoms with Crippen molar-refractivity contribution in [1.82, 2.24) is 9.13 Å². The van der Waals surface area contributed by atoms with Crippen LogP contribution >= 0.6 is 0 Å². The molecule has 12 rings (SSSR count). The molecule has 0 N–H and O–H groups in total. The molecule has 65 heavy (non-hydrogen) atoms. The average Bonchev–Trinajstić information content (AvgIpc) is 3.89. The van der Waals surface area contributed by atoms with Crippen molar-refractivity contribution in [3.05, 3.63) is 241 Å². The zero-order valence-corrected chi connectivity index (χ0v) is 36.1. The highest BCUT2D eigenvalue weighted by atomic mass is 15.1. The summed E-state index contributed by atoms with van der Waals surface area (Å²) in [5.74, 6) is 1.68. The Bertz CT molecular complexity index is 3680. The summed E-state index contributed by atoms with van der Waals surface area (Å²) in [6, 6.07) is 80.6. The summed E-state index contributed by atoms with van der Waals surface area (Å²) in [4.78, 5) is 11.1. The van der Waals surface area contributed by atoms with Gasteiger partial charge in [-0.1, -0.05) is 188 Å². The number of rotatable bonds is 6. The van der Waals surface area contributed by atoms with Crippen LogP contribution in [0.2, 0.25) is 0 Å². The molecule has 0 atom stereocenters. The number of allylic oxidation sites excluding steroid dienone is 1. The number of para-hydroxylation sites is 2. The average molecular weight is 833 g/mol. The number of hydrogen-bond acceptors (Lipinski definition) is 2. The van der Waals surface area contributed by atoms with Crippen LogP contribution in [0.4, 0.5) is 0 Å². The first-order chi connectivity index (χ1) is 32.2. The summed E-state index contributed by atoms with van der Waals surface area (Å²) in [6.07, 6.45) is 1.55. The molecule has 0 aliphatic carbocycles. The Morgan fingerprint density at radius 2 is 0.846 bits per heavy atom. The Labute approximate surface area is 378 Å². The number of benzene rings is 9. The molecule has 308 valence electrons. The van der Waals surface area contributed by atoms with Crippen molar-refractivity contribution in [2.75, 3.05) is 0 Å². The minimum Gasteiger partial charge on any atom is -0.309 e. The minimum atomic E-state index is 0.704. The molecular weight excluding hydrogens is 789 g/mol. The number of fused-ring (bicyclic) bond motifs is 7. The molecule has 0 unspecified atom stereocenters. The summed E-state index contributed by atoms with van der Waals surface area (Å²) in [6.45, 7) is 2.24. The van der Waals surface area contributed by atoms with Crippen molar-refractivity contribution in [2.24, 2.45) is 9.98 Å². The van der Waals surface area contributed by atoms with Crippen LogP contribution in [0.5, 0.6) is 0 Å². The topological polar surface area (TPSA) is 34.6 Å². The Balaban J connectivity index is 1.09. The summed E-state index contributed by atoms with van der Waals surface area (Å²) < 4.78 is 4.90. The van der Waals surface area contributed by atoms with E-state index in [2.05, 4.69) is 241 Å². The molecule has 2 aromatic heterocycles. The van der Waals surface area contributed by atoms with E-state index >= 15 is 0 Å². The minimum absolute atomic E-state index is 0.704. The van der Waals surface area contributed by atoms with Crippen molar-refractivity contribution in [2.45, 2.75) is 19.8 Å². The van der Waals surface area contributed by atoms with Crippen molar-refractivity contribution in [3.8, 4) is 39.1 Å². The first-order valence-corrected chi connectivity index (χ1v) is 22.5. The predicted octanol–water partition coefficient (Wildman–Crippen LogP) is 15.8. The fourth-order valence-electron chi connectivity index (χ4n) is 9.93. The molecule has 3 heterocycles. The maximum Gasteiger partial charge on any atom is 0.161 e. The van der Waals surface area contributed by atoms with Gasteiger partial charge < -0.3 is 4.57 Å². The Morgan fingerprint density at radius 3 is 1.48 bits per heavy atom. The second-order valence-corrected chi connectivity index (χ2v) is 16.9. The third-order valence-corrected chi connectivity index (χ3v) is 13.0. The molecule has 1 aliphatic rings. The Morgan fingerprint density at radius 1 is 0.354 bits per heavy atom. The highest BCUT2D eigenvalue weighted by Gasteiger charge is 2.24. The van der Waals surface area contributed by atoms with Gasteiger partial charge in [-0.05, 0) is 83.1 Å². The molecule has 0 bridgehead atoms. The Kier molecular flexibility index (Phi) is 9.49. The molecule has 0 saturated heterocycles. The van der Waals surface area contributed by atoms with E-state index in [0.29, 0.717) is 5.84 Å². The van der Waals surface area contributed by atoms with Crippen LogP contribution in [0.25, 0.3) is 88.4 Å². The normalized spacial score (nSPS) is 14.4. The van der Waals surface area contributed by atoms with E-state index in [1.165, 1.54) is 66.0 Å². The molecule has 4 nitrogen and oxygen atoms in total. The van der Waals surface area contributed by atoms with Crippen LogP contribution in [0.1, 0.15) is 30.9 Å². The number of amidine groups is 1. The predicted molar refractivity (Wildman–Crippen MR) is 274 cm³/mol. The Hall–Kier alpha value is -8.34. The van der Waals surface area contributed by atoms with Crippen LogP contribution in [-0.4, -0.2) is 20.8 Å². The molecule has 4 heteroatoms. The number of aromatic nitrogens is 2. The maximum atomic E-state index is 5.61. The smallest absolute Gasteiger partial charge is 0.161 e. The van der Waals surface area contributed by atoms with Gasteiger partial charge in [-0.2, -0.15) is 0 Å². The monoisotopic (exact) mass is 832 g/mol. The van der Waals surface area contributed by atoms with Crippen molar-refractivity contribution in [3.63, 3.8) is 0 Å². The molecule has 0 amide bonds. The van der Waals surface area contributed by atoms with Gasteiger partial charge in [0, 0.05) is 44.7 Å². The first-order valence-electron chi connectivity index (χ1n) is 22.5. The quantitative estimate of drug-likeness (QED) is 0.160. The van der Waals surface area contributed by atoms with Crippen LogP contribution in [-0.2, 0) is 0 Å². The standard InChI is InChI=1S/C61H44N4/c1-41-33-38-57(62-61(45-25-12-5-13-26-45)63-60(41)48-28-18-27-46(39-48)42-19-6-2-7-20-42)65-53-32-17-15-30-51(53)59-55(65)37-36-54-58(59)50-29-14-16-31-52(50)64(54)56-40-47(43-21-8-3-9-22-43)34-35-49(56)44-23-10-4-11-24-44/h2-32,34-37,39-40H,33,38H2,1H3/b60-41+,62-57?,63-61?. The van der Waals surface area contributed by atoms with Gasteiger partial charge in [0.25, 0.3) is 0 Å². The van der Waals surface area contributed by atoms with E-state index in [9.17, 15) is 0 Å². The number of nitrogens with zero attached hydrogens (tertiary/aromatic N) is 4. The highest BCUT2D eigenvalue weighted by Crippen LogP contribution is 2.44. The SMILES string of the molecule is C/C1=C(/c2cccc(-c3ccccc3)c2)N=C(c2ccccc2)N=C(n2c3ccccc3c3c4c5ccccc5n(-c5cc(-c6ccccc6)ccc5-c5ccccc5)c4ccc32)CC1. The van der Waals surface area contributed by atoms with Crippen LogP contribution in [0.15, 0.2) is 240 Å². The van der Waals surface area contributed by atoms with Crippen molar-refractivity contribution >= 4 is 61.0 Å². The van der Waals surface area contributed by atoms with Gasteiger partial charge in [0.05, 0.1) is 33.5 Å². The molecule has 0 spiro atoms.